The van der Waals surface area contributed by atoms with Crippen LogP contribution < -0.4 is 10.3 Å². The van der Waals surface area contributed by atoms with Crippen molar-refractivity contribution in [1.82, 2.24) is 4.68 Å². The zero-order chi connectivity index (χ0) is 13.2. The molecule has 104 valence electrons. The monoisotopic (exact) mass is 280 g/mol. The summed E-state index contributed by atoms with van der Waals surface area (Å²) < 4.78 is 1.11. The molecule has 4 nitrogen and oxygen atoms in total. The van der Waals surface area contributed by atoms with E-state index in [1.54, 1.807) is 43.9 Å². The lowest BCUT2D eigenvalue weighted by molar-refractivity contribution is -0.106. The smallest absolute Gasteiger partial charge is 0.277 e. The van der Waals surface area contributed by atoms with E-state index in [2.05, 4.69) is 5.43 Å². The average molecular weight is 280 g/mol. The van der Waals surface area contributed by atoms with Gasteiger partial charge in [0, 0.05) is 11.6 Å². The molecular weight excluding hydrogens is 260 g/mol. The van der Waals surface area contributed by atoms with Gasteiger partial charge in [-0.2, -0.15) is 0 Å². The first-order valence-corrected chi connectivity index (χ1v) is 7.99. The molecule has 1 N–H and O–H groups in total. The number of rotatable bonds is 2. The Morgan fingerprint density at radius 2 is 1.53 bits per heavy atom. The first kappa shape index (κ1) is 12.9. The number of hydrogen-bond donors (Lipinski definition) is 1. The molecule has 1 aromatic heterocycles. The van der Waals surface area contributed by atoms with Crippen LogP contribution in [0.5, 0.6) is 0 Å². The first-order valence-electron chi connectivity index (χ1n) is 7.11. The molecule has 0 aliphatic heterocycles. The fraction of sp³-hybridized carbons (Fsp3) is 0.714. The Labute approximate surface area is 116 Å². The molecule has 0 saturated heterocycles. The lowest BCUT2D eigenvalue weighted by Crippen LogP contribution is -2.38. The van der Waals surface area contributed by atoms with Gasteiger partial charge in [-0.15, -0.1) is 0 Å². The standard InChI is InChI=1S/C10H16.C4H4N2O2S/c1-7-2-9-4-8(1)5-10(3-7)6-9;7-3-5-6-1-2-9-4(6)8/h7-10H,1-6H2;1-3H,(H,5,7). The number of hydrogen-bond acceptors (Lipinski definition) is 3. The van der Waals surface area contributed by atoms with Crippen LogP contribution in [0, 0.1) is 23.7 Å². The molecule has 5 rings (SSSR count). The van der Waals surface area contributed by atoms with Gasteiger partial charge in [0.1, 0.15) is 0 Å². The zero-order valence-corrected chi connectivity index (χ0v) is 11.8. The van der Waals surface area contributed by atoms with Gasteiger partial charge in [0.2, 0.25) is 6.41 Å². The quantitative estimate of drug-likeness (QED) is 0.846. The third-order valence-electron chi connectivity index (χ3n) is 4.77. The summed E-state index contributed by atoms with van der Waals surface area (Å²) in [7, 11) is 0. The van der Waals surface area contributed by atoms with Crippen molar-refractivity contribution in [2.24, 2.45) is 23.7 Å². The second-order valence-corrected chi connectivity index (χ2v) is 7.02. The minimum Gasteiger partial charge on any atom is -0.277 e. The van der Waals surface area contributed by atoms with Crippen LogP contribution in [0.2, 0.25) is 0 Å². The van der Waals surface area contributed by atoms with E-state index in [9.17, 15) is 9.59 Å². The molecule has 0 unspecified atom stereocenters. The van der Waals surface area contributed by atoms with E-state index in [4.69, 9.17) is 0 Å². The summed E-state index contributed by atoms with van der Waals surface area (Å²) in [6.45, 7) is 0. The molecule has 0 atom stereocenters. The third-order valence-corrected chi connectivity index (χ3v) is 5.42. The lowest BCUT2D eigenvalue weighted by Gasteiger charge is -2.49. The Kier molecular flexibility index (Phi) is 3.73. The first-order chi connectivity index (χ1) is 9.24. The van der Waals surface area contributed by atoms with E-state index < -0.39 is 0 Å². The van der Waals surface area contributed by atoms with E-state index in [1.165, 1.54) is 29.9 Å². The molecule has 1 aromatic rings. The number of thiazole rings is 1. The van der Waals surface area contributed by atoms with Crippen molar-refractivity contribution in [3.63, 3.8) is 0 Å². The minimum absolute atomic E-state index is 0.192. The van der Waals surface area contributed by atoms with Gasteiger partial charge >= 0.3 is 4.87 Å². The van der Waals surface area contributed by atoms with Crippen molar-refractivity contribution < 1.29 is 4.79 Å². The Bertz CT molecular complexity index is 437. The molecular formula is C14H20N2O2S. The number of carbonyl (C=O) groups excluding carboxylic acids is 1. The fourth-order valence-corrected chi connectivity index (χ4v) is 4.93. The van der Waals surface area contributed by atoms with Crippen LogP contribution in [0.15, 0.2) is 16.4 Å². The van der Waals surface area contributed by atoms with Gasteiger partial charge in [0.25, 0.3) is 0 Å². The topological polar surface area (TPSA) is 51.1 Å². The summed E-state index contributed by atoms with van der Waals surface area (Å²) in [6, 6.07) is 0. The highest BCUT2D eigenvalue weighted by atomic mass is 32.1. The number of carbonyl (C=O) groups is 1. The van der Waals surface area contributed by atoms with Gasteiger partial charge in [0.05, 0.1) is 0 Å². The molecule has 19 heavy (non-hydrogen) atoms. The summed E-state index contributed by atoms with van der Waals surface area (Å²) in [5.41, 5.74) is 2.19. The van der Waals surface area contributed by atoms with Gasteiger partial charge < -0.3 is 0 Å². The predicted octanol–water partition coefficient (Wildman–Crippen LogP) is 2.44. The molecule has 1 heterocycles. The minimum atomic E-state index is -0.192. The molecule has 4 fully saturated rings. The molecule has 4 aliphatic rings. The Hall–Kier alpha value is -1.10. The van der Waals surface area contributed by atoms with Crippen LogP contribution in [0.3, 0.4) is 0 Å². The van der Waals surface area contributed by atoms with Crippen LogP contribution in [0.1, 0.15) is 38.5 Å². The third kappa shape index (κ3) is 2.91. The maximum atomic E-state index is 10.6. The molecule has 4 saturated carbocycles. The Morgan fingerprint density at radius 3 is 1.84 bits per heavy atom. The largest absolute Gasteiger partial charge is 0.325 e. The Morgan fingerprint density at radius 1 is 1.05 bits per heavy atom. The van der Waals surface area contributed by atoms with Gasteiger partial charge in [-0.25, -0.2) is 4.68 Å². The lowest BCUT2D eigenvalue weighted by atomic mass is 9.56. The predicted molar refractivity (Wildman–Crippen MR) is 75.7 cm³/mol. The van der Waals surface area contributed by atoms with Crippen LogP contribution >= 0.6 is 11.3 Å². The highest BCUT2D eigenvalue weighted by molar-refractivity contribution is 7.07. The maximum absolute atomic E-state index is 10.6. The molecule has 4 aliphatic carbocycles. The van der Waals surface area contributed by atoms with Crippen LogP contribution in [0.4, 0.5) is 0 Å². The molecule has 5 heteroatoms. The van der Waals surface area contributed by atoms with Gasteiger partial charge in [0.15, 0.2) is 0 Å². The van der Waals surface area contributed by atoms with Crippen molar-refractivity contribution in [2.75, 3.05) is 5.43 Å². The van der Waals surface area contributed by atoms with Crippen molar-refractivity contribution in [3.05, 3.63) is 21.2 Å². The summed E-state index contributed by atoms with van der Waals surface area (Å²) >= 11 is 1.03. The number of nitrogens with one attached hydrogen (secondary N) is 1. The van der Waals surface area contributed by atoms with E-state index in [0.29, 0.717) is 6.41 Å². The second-order valence-electron chi connectivity index (χ2n) is 6.16. The number of aromatic nitrogens is 1. The van der Waals surface area contributed by atoms with Gasteiger partial charge in [-0.1, -0.05) is 11.3 Å². The summed E-state index contributed by atoms with van der Waals surface area (Å²) in [6.07, 6.45) is 11.6. The summed E-state index contributed by atoms with van der Waals surface area (Å²) in [5.74, 6) is 4.71. The Balaban J connectivity index is 0.000000117. The van der Waals surface area contributed by atoms with Crippen LogP contribution in [-0.4, -0.2) is 11.1 Å². The van der Waals surface area contributed by atoms with E-state index >= 15 is 0 Å². The van der Waals surface area contributed by atoms with Gasteiger partial charge in [-0.05, 0) is 62.2 Å². The van der Waals surface area contributed by atoms with Gasteiger partial charge in [-0.3, -0.25) is 15.0 Å². The normalized spacial score (nSPS) is 34.5. The molecule has 0 aromatic carbocycles. The molecule has 0 spiro atoms. The highest BCUT2D eigenvalue weighted by Gasteiger charge is 2.41. The maximum Gasteiger partial charge on any atom is 0.325 e. The van der Waals surface area contributed by atoms with Crippen LogP contribution in [0.25, 0.3) is 0 Å². The molecule has 0 radical (unpaired) electrons. The zero-order valence-electron chi connectivity index (χ0n) is 11.0. The van der Waals surface area contributed by atoms with Crippen molar-refractivity contribution in [1.29, 1.82) is 0 Å². The average Bonchev–Trinajstić information content (AvgIpc) is 2.75. The van der Waals surface area contributed by atoms with Crippen molar-refractivity contribution >= 4 is 17.7 Å². The summed E-state index contributed by atoms with van der Waals surface area (Å²) in [5, 5.41) is 1.60. The summed E-state index contributed by atoms with van der Waals surface area (Å²) in [4.78, 5) is 20.1. The number of nitrogens with zero attached hydrogens (tertiary/aromatic N) is 1. The molecule has 1 amide bonds. The molecule has 4 bridgehead atoms. The SMILES string of the molecule is C1C2CC3CC1CC(C2)C3.O=CNn1ccsc1=O. The van der Waals surface area contributed by atoms with Crippen LogP contribution in [-0.2, 0) is 4.79 Å². The van der Waals surface area contributed by atoms with Crippen molar-refractivity contribution in [3.8, 4) is 0 Å². The highest BCUT2D eigenvalue weighted by Crippen LogP contribution is 2.53. The number of amides is 1. The fourth-order valence-electron chi connectivity index (χ4n) is 4.40. The van der Waals surface area contributed by atoms with Crippen molar-refractivity contribution in [2.45, 2.75) is 38.5 Å². The second kappa shape index (κ2) is 5.49. The van der Waals surface area contributed by atoms with E-state index in [-0.39, 0.29) is 4.87 Å². The van der Waals surface area contributed by atoms with E-state index in [1.807, 2.05) is 0 Å². The van der Waals surface area contributed by atoms with E-state index in [0.717, 1.165) is 16.0 Å².